The predicted octanol–water partition coefficient (Wildman–Crippen LogP) is 3.23. The van der Waals surface area contributed by atoms with Gasteiger partial charge >= 0.3 is 6.01 Å². The zero-order valence-electron chi connectivity index (χ0n) is 22.1. The number of fused-ring (bicyclic) bond motifs is 2. The fourth-order valence-electron chi connectivity index (χ4n) is 5.52. The molecule has 0 amide bonds. The average Bonchev–Trinajstić information content (AvgIpc) is 2.99. The van der Waals surface area contributed by atoms with Crippen LogP contribution in [-0.4, -0.2) is 51.7 Å². The minimum absolute atomic E-state index is 0.0740. The Morgan fingerprint density at radius 3 is 2.80 bits per heavy atom. The smallest absolute Gasteiger partial charge is 0.317 e. The van der Waals surface area contributed by atoms with E-state index in [1.807, 2.05) is 12.1 Å². The Morgan fingerprint density at radius 1 is 1.07 bits per heavy atom. The number of H-pyrrole nitrogens is 1. The minimum Gasteiger partial charge on any atom is -0.463 e. The molecule has 3 N–H and O–H groups in total. The third-order valence-corrected chi connectivity index (χ3v) is 7.66. The van der Waals surface area contributed by atoms with Crippen LogP contribution in [0.4, 0.5) is 4.39 Å². The molecule has 0 saturated carbocycles. The number of piperidine rings is 1. The van der Waals surface area contributed by atoms with Gasteiger partial charge < -0.3 is 15.4 Å². The molecule has 2 aliphatic rings. The molecular weight excluding hydrogens is 511 g/mol. The van der Waals surface area contributed by atoms with Crippen molar-refractivity contribution >= 4 is 16.6 Å². The topological polar surface area (TPSA) is 122 Å². The third-order valence-electron chi connectivity index (χ3n) is 7.66. The molecule has 4 heterocycles. The normalized spacial score (nSPS) is 17.0. The summed E-state index contributed by atoms with van der Waals surface area (Å²) in [6, 6.07) is 12.2. The molecule has 6 rings (SSSR count). The molecule has 1 saturated heterocycles. The van der Waals surface area contributed by atoms with E-state index in [1.165, 1.54) is 18.9 Å². The van der Waals surface area contributed by atoms with Crippen LogP contribution in [0.1, 0.15) is 64.2 Å². The Hall–Kier alpha value is -4.02. The van der Waals surface area contributed by atoms with Crippen LogP contribution in [0.5, 0.6) is 6.01 Å². The van der Waals surface area contributed by atoms with Crippen molar-refractivity contribution in [2.24, 2.45) is 0 Å². The van der Waals surface area contributed by atoms with Crippen LogP contribution in [0.2, 0.25) is 0 Å². The first-order valence-corrected chi connectivity index (χ1v) is 13.8. The number of hydrogen-bond donors (Lipinski definition) is 3. The Bertz CT molecular complexity index is 1620. The van der Waals surface area contributed by atoms with Crippen molar-refractivity contribution in [1.82, 2.24) is 30.8 Å². The molecule has 40 heavy (non-hydrogen) atoms. The summed E-state index contributed by atoms with van der Waals surface area (Å²) < 4.78 is 21.0. The first-order valence-electron chi connectivity index (χ1n) is 13.8. The van der Waals surface area contributed by atoms with Crippen LogP contribution in [-0.2, 0) is 19.4 Å². The molecule has 2 aromatic heterocycles. The summed E-state index contributed by atoms with van der Waals surface area (Å²) in [4.78, 5) is 35.0. The molecule has 0 aliphatic carbocycles. The largest absolute Gasteiger partial charge is 0.463 e. The summed E-state index contributed by atoms with van der Waals surface area (Å²) in [5.41, 5.74) is 2.56. The quantitative estimate of drug-likeness (QED) is 0.290. The molecule has 0 radical (unpaired) electrons. The Morgan fingerprint density at radius 2 is 1.95 bits per heavy atom. The molecule has 206 valence electrons. The standard InChI is InChI=1S/C30H31FN6O3/c31-24-9-8-18(16-26-20-6-1-2-7-21(20)29(39)37-36-26)15-22(24)28(38)27-23-17-32-13-10-25(23)34-30(35-27)40-14-11-19-5-3-4-12-33-19/h1-2,6-9,15,19,32-33H,3-5,10-14,16-17H2,(H,37,39). The number of benzene rings is 2. The lowest BCUT2D eigenvalue weighted by atomic mass is 9.96. The van der Waals surface area contributed by atoms with Crippen molar-refractivity contribution in [2.45, 2.75) is 51.1 Å². The van der Waals surface area contributed by atoms with Gasteiger partial charge in [0.15, 0.2) is 0 Å². The number of hydrogen-bond acceptors (Lipinski definition) is 8. The van der Waals surface area contributed by atoms with E-state index in [9.17, 15) is 9.59 Å². The summed E-state index contributed by atoms with van der Waals surface area (Å²) in [5.74, 6) is -1.14. The lowest BCUT2D eigenvalue weighted by molar-refractivity contribution is 0.102. The lowest BCUT2D eigenvalue weighted by Crippen LogP contribution is -2.35. The van der Waals surface area contributed by atoms with Gasteiger partial charge in [-0.25, -0.2) is 9.49 Å². The second kappa shape index (κ2) is 11.6. The minimum atomic E-state index is -0.630. The number of ether oxygens (including phenoxy) is 1. The number of aromatic nitrogens is 4. The molecule has 10 heteroatoms. The number of halogens is 1. The van der Waals surface area contributed by atoms with Crippen molar-refractivity contribution in [2.75, 3.05) is 19.7 Å². The Labute approximate surface area is 230 Å². The van der Waals surface area contributed by atoms with E-state index in [0.29, 0.717) is 59.6 Å². The maximum absolute atomic E-state index is 15.1. The lowest BCUT2D eigenvalue weighted by Gasteiger charge is -2.23. The monoisotopic (exact) mass is 542 g/mol. The molecule has 2 aromatic carbocycles. The van der Waals surface area contributed by atoms with Gasteiger partial charge in [0.25, 0.3) is 5.56 Å². The number of ketones is 1. The van der Waals surface area contributed by atoms with Gasteiger partial charge in [-0.05, 0) is 49.6 Å². The maximum atomic E-state index is 15.1. The van der Waals surface area contributed by atoms with E-state index in [2.05, 4.69) is 30.8 Å². The van der Waals surface area contributed by atoms with E-state index in [0.717, 1.165) is 31.6 Å². The molecular formula is C30H31FN6O3. The van der Waals surface area contributed by atoms with Gasteiger partial charge in [-0.1, -0.05) is 30.7 Å². The van der Waals surface area contributed by atoms with Gasteiger partial charge in [-0.3, -0.25) is 9.59 Å². The van der Waals surface area contributed by atoms with E-state index >= 15 is 4.39 Å². The summed E-state index contributed by atoms with van der Waals surface area (Å²) in [7, 11) is 0. The number of nitrogens with zero attached hydrogens (tertiary/aromatic N) is 3. The van der Waals surface area contributed by atoms with Crippen molar-refractivity contribution in [3.05, 3.63) is 92.4 Å². The maximum Gasteiger partial charge on any atom is 0.317 e. The fourth-order valence-corrected chi connectivity index (χ4v) is 5.52. The molecule has 1 fully saturated rings. The highest BCUT2D eigenvalue weighted by Crippen LogP contribution is 2.25. The highest BCUT2D eigenvalue weighted by molar-refractivity contribution is 6.09. The highest BCUT2D eigenvalue weighted by atomic mass is 19.1. The second-order valence-electron chi connectivity index (χ2n) is 10.4. The molecule has 1 atom stereocenters. The zero-order chi connectivity index (χ0) is 27.5. The van der Waals surface area contributed by atoms with Gasteiger partial charge in [0.1, 0.15) is 11.5 Å². The number of carbonyl (C=O) groups is 1. The van der Waals surface area contributed by atoms with Crippen molar-refractivity contribution in [3.8, 4) is 6.01 Å². The SMILES string of the molecule is O=C(c1cc(Cc2n[nH]c(=O)c3ccccc23)ccc1F)c1nc(OCCC2CCCCN2)nc2c1CNCC2. The first-order chi connectivity index (χ1) is 19.6. The Kier molecular flexibility index (Phi) is 7.61. The summed E-state index contributed by atoms with van der Waals surface area (Å²) >= 11 is 0. The van der Waals surface area contributed by atoms with Gasteiger partial charge in [-0.2, -0.15) is 15.1 Å². The highest BCUT2D eigenvalue weighted by Gasteiger charge is 2.26. The van der Waals surface area contributed by atoms with Crippen LogP contribution in [0.25, 0.3) is 10.8 Å². The molecule has 0 bridgehead atoms. The van der Waals surface area contributed by atoms with Crippen LogP contribution in [0.3, 0.4) is 0 Å². The van der Waals surface area contributed by atoms with E-state index in [1.54, 1.807) is 24.3 Å². The molecule has 9 nitrogen and oxygen atoms in total. The average molecular weight is 543 g/mol. The number of carbonyl (C=O) groups excluding carboxylic acids is 1. The summed E-state index contributed by atoms with van der Waals surface area (Å²) in [6.07, 6.45) is 5.29. The number of aromatic amines is 1. The summed E-state index contributed by atoms with van der Waals surface area (Å²) in [6.45, 7) is 2.61. The van der Waals surface area contributed by atoms with Crippen molar-refractivity contribution < 1.29 is 13.9 Å². The first kappa shape index (κ1) is 26.2. The van der Waals surface area contributed by atoms with Crippen LogP contribution < -0.4 is 20.9 Å². The van der Waals surface area contributed by atoms with E-state index in [4.69, 9.17) is 4.74 Å². The van der Waals surface area contributed by atoms with Crippen LogP contribution >= 0.6 is 0 Å². The van der Waals surface area contributed by atoms with E-state index < -0.39 is 11.6 Å². The number of rotatable bonds is 8. The number of nitrogens with one attached hydrogen (secondary N) is 3. The molecule has 2 aliphatic heterocycles. The predicted molar refractivity (Wildman–Crippen MR) is 148 cm³/mol. The van der Waals surface area contributed by atoms with E-state index in [-0.39, 0.29) is 22.8 Å². The van der Waals surface area contributed by atoms with Gasteiger partial charge in [-0.15, -0.1) is 0 Å². The van der Waals surface area contributed by atoms with Crippen molar-refractivity contribution in [3.63, 3.8) is 0 Å². The van der Waals surface area contributed by atoms with Crippen LogP contribution in [0.15, 0.2) is 47.3 Å². The van der Waals surface area contributed by atoms with Crippen LogP contribution in [0, 0.1) is 5.82 Å². The molecule has 4 aromatic rings. The molecule has 1 unspecified atom stereocenters. The second-order valence-corrected chi connectivity index (χ2v) is 10.4. The van der Waals surface area contributed by atoms with Crippen molar-refractivity contribution in [1.29, 1.82) is 0 Å². The van der Waals surface area contributed by atoms with Gasteiger partial charge in [0.2, 0.25) is 5.78 Å². The third kappa shape index (κ3) is 5.50. The van der Waals surface area contributed by atoms with Gasteiger partial charge in [0, 0.05) is 42.9 Å². The Balaban J connectivity index is 1.28. The summed E-state index contributed by atoms with van der Waals surface area (Å²) in [5, 5.41) is 14.8. The van der Waals surface area contributed by atoms with Gasteiger partial charge in [0.05, 0.1) is 28.9 Å². The molecule has 0 spiro atoms. The zero-order valence-corrected chi connectivity index (χ0v) is 22.1. The fraction of sp³-hybridized carbons (Fsp3) is 0.367.